The van der Waals surface area contributed by atoms with Crippen LogP contribution in [0.3, 0.4) is 0 Å². The van der Waals surface area contributed by atoms with Gasteiger partial charge in [0.05, 0.1) is 41.7 Å². The molecule has 2 aliphatic heterocycles. The van der Waals surface area contributed by atoms with E-state index in [-0.39, 0.29) is 36.2 Å². The van der Waals surface area contributed by atoms with Gasteiger partial charge in [0.1, 0.15) is 0 Å². The van der Waals surface area contributed by atoms with Crippen molar-refractivity contribution in [1.82, 2.24) is 5.01 Å². The Hall–Kier alpha value is -5.70. The van der Waals surface area contributed by atoms with Crippen molar-refractivity contribution in [2.24, 2.45) is 23.7 Å². The zero-order valence-electron chi connectivity index (χ0n) is 28.7. The third kappa shape index (κ3) is 4.74. The van der Waals surface area contributed by atoms with Gasteiger partial charge in [-0.25, -0.2) is 0 Å². The summed E-state index contributed by atoms with van der Waals surface area (Å²) in [5.74, 6) is -5.06. The van der Waals surface area contributed by atoms with Gasteiger partial charge in [-0.15, -0.1) is 0 Å². The number of nitrogens with zero attached hydrogens (tertiary/aromatic N) is 2. The molecular formula is C42H39N3O6. The van der Waals surface area contributed by atoms with Crippen molar-refractivity contribution in [3.63, 3.8) is 0 Å². The number of rotatable bonds is 7. The molecule has 6 atom stereocenters. The van der Waals surface area contributed by atoms with E-state index >= 15 is 4.79 Å². The van der Waals surface area contributed by atoms with Gasteiger partial charge in [-0.3, -0.25) is 29.5 Å². The van der Waals surface area contributed by atoms with Crippen molar-refractivity contribution in [3.8, 4) is 11.5 Å². The fraction of sp³-hybridized carbons (Fsp3) is 0.286. The van der Waals surface area contributed by atoms with E-state index in [0.717, 1.165) is 28.1 Å². The largest absolute Gasteiger partial charge is 0.504 e. The van der Waals surface area contributed by atoms with E-state index in [2.05, 4.69) is 5.43 Å². The number of allylic oxidation sites excluding steroid dienone is 2. The van der Waals surface area contributed by atoms with E-state index in [1.165, 1.54) is 12.0 Å². The molecule has 4 aliphatic rings. The highest BCUT2D eigenvalue weighted by molar-refractivity contribution is 6.22. The van der Waals surface area contributed by atoms with Crippen LogP contribution in [-0.4, -0.2) is 40.9 Å². The second-order valence-electron chi connectivity index (χ2n) is 14.0. The van der Waals surface area contributed by atoms with Crippen LogP contribution < -0.4 is 15.1 Å². The van der Waals surface area contributed by atoms with E-state index < -0.39 is 46.8 Å². The van der Waals surface area contributed by atoms with E-state index in [4.69, 9.17) is 4.74 Å². The lowest BCUT2D eigenvalue weighted by Gasteiger charge is -2.50. The van der Waals surface area contributed by atoms with Crippen LogP contribution in [0.15, 0.2) is 109 Å². The quantitative estimate of drug-likeness (QED) is 0.170. The van der Waals surface area contributed by atoms with Crippen LogP contribution >= 0.6 is 0 Å². The SMILES string of the molecule is CCc1ccc(N2C(=O)C3CC=C4C(CC5C(=O)N(Nc6ccc(C)cc6)C(=O)C5(c5ccccc5)C4c4cccc(OC)c4O)C3C2=O)cc1. The number of amides is 4. The van der Waals surface area contributed by atoms with E-state index in [9.17, 15) is 19.5 Å². The number of para-hydroxylation sites is 1. The number of hydrogen-bond acceptors (Lipinski definition) is 7. The van der Waals surface area contributed by atoms with Crippen molar-refractivity contribution < 1.29 is 29.0 Å². The number of phenolic OH excluding ortho intramolecular Hbond substituents is 1. The van der Waals surface area contributed by atoms with Crippen LogP contribution in [0.4, 0.5) is 11.4 Å². The van der Waals surface area contributed by atoms with Gasteiger partial charge in [0, 0.05) is 11.5 Å². The Balaban J connectivity index is 1.32. The van der Waals surface area contributed by atoms with Gasteiger partial charge < -0.3 is 9.84 Å². The van der Waals surface area contributed by atoms with Crippen LogP contribution in [0.5, 0.6) is 11.5 Å². The zero-order chi connectivity index (χ0) is 35.6. The van der Waals surface area contributed by atoms with Gasteiger partial charge >= 0.3 is 0 Å². The predicted molar refractivity (Wildman–Crippen MR) is 192 cm³/mol. The third-order valence-electron chi connectivity index (χ3n) is 11.6. The highest BCUT2D eigenvalue weighted by atomic mass is 16.5. The van der Waals surface area contributed by atoms with Crippen molar-refractivity contribution in [2.75, 3.05) is 17.4 Å². The summed E-state index contributed by atoms with van der Waals surface area (Å²) in [5, 5.41) is 12.9. The highest BCUT2D eigenvalue weighted by Crippen LogP contribution is 2.65. The summed E-state index contributed by atoms with van der Waals surface area (Å²) in [7, 11) is 1.46. The number of hydrazine groups is 1. The molecule has 2 N–H and O–H groups in total. The fourth-order valence-corrected chi connectivity index (χ4v) is 9.16. The number of fused-ring (bicyclic) bond motifs is 4. The van der Waals surface area contributed by atoms with Crippen LogP contribution in [0, 0.1) is 30.6 Å². The Morgan fingerprint density at radius 2 is 1.57 bits per heavy atom. The number of benzene rings is 4. The molecule has 0 bridgehead atoms. The van der Waals surface area contributed by atoms with Gasteiger partial charge in [-0.1, -0.05) is 90.9 Å². The van der Waals surface area contributed by atoms with E-state index in [0.29, 0.717) is 22.5 Å². The van der Waals surface area contributed by atoms with Gasteiger partial charge in [0.15, 0.2) is 11.5 Å². The van der Waals surface area contributed by atoms with Crippen LogP contribution in [-0.2, 0) is 31.0 Å². The number of carbonyl (C=O) groups excluding carboxylic acids is 4. The van der Waals surface area contributed by atoms with Crippen LogP contribution in [0.25, 0.3) is 0 Å². The number of hydrogen-bond donors (Lipinski definition) is 2. The molecule has 3 fully saturated rings. The number of methoxy groups -OCH3 is 1. The number of aryl methyl sites for hydroxylation is 2. The normalized spacial score (nSPS) is 26.8. The molecule has 4 aromatic rings. The first-order valence-electron chi connectivity index (χ1n) is 17.5. The molecule has 0 spiro atoms. The molecule has 51 heavy (non-hydrogen) atoms. The fourth-order valence-electron chi connectivity index (χ4n) is 9.16. The number of phenols is 1. The summed E-state index contributed by atoms with van der Waals surface area (Å²) in [6.45, 7) is 4.00. The number of ether oxygens (including phenoxy) is 1. The number of carbonyl (C=O) groups is 4. The molecule has 2 aliphatic carbocycles. The molecule has 9 heteroatoms. The summed E-state index contributed by atoms with van der Waals surface area (Å²) in [6.07, 6.45) is 3.27. The highest BCUT2D eigenvalue weighted by Gasteiger charge is 2.70. The lowest BCUT2D eigenvalue weighted by Crippen LogP contribution is -2.53. The number of nitrogens with one attached hydrogen (secondary N) is 1. The Morgan fingerprint density at radius 3 is 2.25 bits per heavy atom. The molecule has 0 radical (unpaired) electrons. The van der Waals surface area contributed by atoms with Crippen LogP contribution in [0.1, 0.15) is 47.9 Å². The molecule has 2 saturated heterocycles. The third-order valence-corrected chi connectivity index (χ3v) is 11.6. The molecule has 8 rings (SSSR count). The molecule has 4 aromatic carbocycles. The average Bonchev–Trinajstić information content (AvgIpc) is 3.54. The average molecular weight is 682 g/mol. The van der Waals surface area contributed by atoms with Crippen molar-refractivity contribution in [3.05, 3.63) is 131 Å². The molecular weight excluding hydrogens is 642 g/mol. The molecule has 6 unspecified atom stereocenters. The first-order valence-corrected chi connectivity index (χ1v) is 17.5. The Kier molecular flexibility index (Phi) is 7.81. The lowest BCUT2D eigenvalue weighted by molar-refractivity contribution is -0.138. The summed E-state index contributed by atoms with van der Waals surface area (Å²) in [6, 6.07) is 29.3. The smallest absolute Gasteiger partial charge is 0.260 e. The molecule has 4 amide bonds. The minimum Gasteiger partial charge on any atom is -0.504 e. The summed E-state index contributed by atoms with van der Waals surface area (Å²) < 4.78 is 5.55. The van der Waals surface area contributed by atoms with Gasteiger partial charge in [0.2, 0.25) is 11.8 Å². The summed E-state index contributed by atoms with van der Waals surface area (Å²) in [5.41, 5.74) is 6.64. The summed E-state index contributed by atoms with van der Waals surface area (Å²) in [4.78, 5) is 60.0. The molecule has 0 aromatic heterocycles. The molecule has 2 heterocycles. The second-order valence-corrected chi connectivity index (χ2v) is 14.0. The van der Waals surface area contributed by atoms with Gasteiger partial charge in [0.25, 0.3) is 11.8 Å². The Labute approximate surface area is 296 Å². The van der Waals surface area contributed by atoms with E-state index in [1.54, 1.807) is 18.2 Å². The molecule has 1 saturated carbocycles. The number of anilines is 2. The second kappa shape index (κ2) is 12.3. The predicted octanol–water partition coefficient (Wildman–Crippen LogP) is 6.46. The standard InChI is InChI=1S/C42H39N3O6/c1-4-25-15-19-28(20-16-25)44-38(47)30-22-21-29-32(35(30)40(44)49)23-33-39(48)45(43-27-17-13-24(2)14-18-27)41(50)42(33,26-9-6-5-7-10-26)36(29)31-11-8-12-34(51-3)37(31)46/h5-21,30,32-33,35-36,43,46H,4,22-23H2,1-3H3. The van der Waals surface area contributed by atoms with Crippen LogP contribution in [0.2, 0.25) is 0 Å². The molecule has 9 nitrogen and oxygen atoms in total. The zero-order valence-corrected chi connectivity index (χ0v) is 28.7. The van der Waals surface area contributed by atoms with Crippen molar-refractivity contribution in [2.45, 2.75) is 44.4 Å². The maximum atomic E-state index is 15.3. The maximum absolute atomic E-state index is 15.3. The Bertz CT molecular complexity index is 2090. The van der Waals surface area contributed by atoms with E-state index in [1.807, 2.05) is 98.8 Å². The first-order chi connectivity index (χ1) is 24.7. The van der Waals surface area contributed by atoms with Crippen molar-refractivity contribution in [1.29, 1.82) is 0 Å². The van der Waals surface area contributed by atoms with Gasteiger partial charge in [-0.05, 0) is 73.6 Å². The maximum Gasteiger partial charge on any atom is 0.260 e. The summed E-state index contributed by atoms with van der Waals surface area (Å²) >= 11 is 0. The van der Waals surface area contributed by atoms with Crippen molar-refractivity contribution >= 4 is 35.0 Å². The van der Waals surface area contributed by atoms with Gasteiger partial charge in [-0.2, -0.15) is 5.01 Å². The molecule has 258 valence electrons. The lowest BCUT2D eigenvalue weighted by atomic mass is 9.49. The minimum absolute atomic E-state index is 0.139. The number of imide groups is 2. The minimum atomic E-state index is -1.49. The monoisotopic (exact) mass is 681 g/mol. The Morgan fingerprint density at radius 1 is 0.843 bits per heavy atom. The topological polar surface area (TPSA) is 116 Å². The first kappa shape index (κ1) is 32.5. The number of aromatic hydroxyl groups is 1.